The van der Waals surface area contributed by atoms with Crippen LogP contribution in [-0.4, -0.2) is 28.8 Å². The van der Waals surface area contributed by atoms with Crippen molar-refractivity contribution in [3.05, 3.63) is 38.9 Å². The predicted molar refractivity (Wildman–Crippen MR) is 81.6 cm³/mol. The minimum Gasteiger partial charge on any atom is -0.339 e. The lowest BCUT2D eigenvalue weighted by Gasteiger charge is -2.33. The number of hydrogen-bond acceptors (Lipinski definition) is 3. The van der Waals surface area contributed by atoms with Crippen molar-refractivity contribution in [3.8, 4) is 0 Å². The topological polar surface area (TPSA) is 63.5 Å². The molecule has 0 N–H and O–H groups in total. The molecule has 0 heterocycles. The molecule has 6 heteroatoms. The van der Waals surface area contributed by atoms with Gasteiger partial charge >= 0.3 is 0 Å². The molecule has 21 heavy (non-hydrogen) atoms. The average Bonchev–Trinajstić information content (AvgIpc) is 2.46. The van der Waals surface area contributed by atoms with E-state index in [0.717, 1.165) is 25.7 Å². The predicted octanol–water partition coefficient (Wildman–Crippen LogP) is 3.90. The molecule has 1 aliphatic rings. The fourth-order valence-corrected chi connectivity index (χ4v) is 2.97. The van der Waals surface area contributed by atoms with E-state index in [0.29, 0.717) is 11.5 Å². The van der Waals surface area contributed by atoms with E-state index in [1.165, 1.54) is 12.1 Å². The summed E-state index contributed by atoms with van der Waals surface area (Å²) >= 11 is 5.77. The molecular weight excluding hydrogens is 292 g/mol. The number of nitro groups is 1. The van der Waals surface area contributed by atoms with E-state index in [2.05, 4.69) is 6.92 Å². The number of benzene rings is 1. The van der Waals surface area contributed by atoms with Crippen molar-refractivity contribution in [2.24, 2.45) is 5.92 Å². The van der Waals surface area contributed by atoms with Crippen LogP contribution in [0, 0.1) is 16.0 Å². The molecule has 0 bridgehead atoms. The van der Waals surface area contributed by atoms with Crippen LogP contribution in [0.15, 0.2) is 18.2 Å². The second-order valence-corrected chi connectivity index (χ2v) is 6.16. The highest BCUT2D eigenvalue weighted by molar-refractivity contribution is 6.32. The van der Waals surface area contributed by atoms with Crippen LogP contribution in [-0.2, 0) is 0 Å². The number of rotatable bonds is 3. The molecule has 0 atom stereocenters. The van der Waals surface area contributed by atoms with Crippen LogP contribution in [0.4, 0.5) is 5.69 Å². The maximum atomic E-state index is 12.5. The normalized spacial score (nSPS) is 21.9. The molecule has 0 saturated heterocycles. The van der Waals surface area contributed by atoms with Gasteiger partial charge in [-0.2, -0.15) is 0 Å². The SMILES string of the molecule is CC1CCC(N(C)C(=O)c2ccc(Cl)c([N+](=O)[O-])c2)CC1. The zero-order valence-corrected chi connectivity index (χ0v) is 13.0. The van der Waals surface area contributed by atoms with Crippen molar-refractivity contribution in [1.29, 1.82) is 0 Å². The first-order valence-electron chi connectivity index (χ1n) is 7.11. The van der Waals surface area contributed by atoms with Crippen LogP contribution in [0.5, 0.6) is 0 Å². The lowest BCUT2D eigenvalue weighted by molar-refractivity contribution is -0.384. The van der Waals surface area contributed by atoms with Crippen molar-refractivity contribution < 1.29 is 9.72 Å². The number of nitro benzene ring substituents is 1. The molecule has 1 aliphatic carbocycles. The molecule has 0 radical (unpaired) electrons. The van der Waals surface area contributed by atoms with E-state index in [1.807, 2.05) is 0 Å². The zero-order chi connectivity index (χ0) is 15.6. The molecule has 1 aromatic carbocycles. The highest BCUT2D eigenvalue weighted by Crippen LogP contribution is 2.29. The maximum Gasteiger partial charge on any atom is 0.288 e. The first kappa shape index (κ1) is 15.8. The fraction of sp³-hybridized carbons (Fsp3) is 0.533. The molecule has 0 unspecified atom stereocenters. The van der Waals surface area contributed by atoms with E-state index in [9.17, 15) is 14.9 Å². The van der Waals surface area contributed by atoms with Crippen molar-refractivity contribution in [3.63, 3.8) is 0 Å². The summed E-state index contributed by atoms with van der Waals surface area (Å²) in [6.45, 7) is 2.22. The number of carbonyl (C=O) groups is 1. The minimum absolute atomic E-state index is 0.0469. The van der Waals surface area contributed by atoms with Gasteiger partial charge in [-0.15, -0.1) is 0 Å². The third-order valence-electron chi connectivity index (χ3n) is 4.24. The van der Waals surface area contributed by atoms with E-state index in [4.69, 9.17) is 11.6 Å². The summed E-state index contributed by atoms with van der Waals surface area (Å²) in [4.78, 5) is 24.5. The maximum absolute atomic E-state index is 12.5. The van der Waals surface area contributed by atoms with Gasteiger partial charge in [0.1, 0.15) is 5.02 Å². The van der Waals surface area contributed by atoms with Gasteiger partial charge in [-0.05, 0) is 43.7 Å². The Labute approximate surface area is 129 Å². The molecule has 0 aliphatic heterocycles. The highest BCUT2D eigenvalue weighted by Gasteiger charge is 2.26. The van der Waals surface area contributed by atoms with Crippen LogP contribution >= 0.6 is 11.6 Å². The Morgan fingerprint density at radius 3 is 2.52 bits per heavy atom. The number of halogens is 1. The Bertz CT molecular complexity index is 554. The van der Waals surface area contributed by atoms with Crippen LogP contribution in [0.2, 0.25) is 5.02 Å². The quantitative estimate of drug-likeness (QED) is 0.628. The van der Waals surface area contributed by atoms with E-state index in [1.54, 1.807) is 18.0 Å². The van der Waals surface area contributed by atoms with Gasteiger partial charge in [-0.3, -0.25) is 14.9 Å². The molecule has 0 aromatic heterocycles. The molecule has 114 valence electrons. The van der Waals surface area contributed by atoms with Crippen LogP contribution in [0.3, 0.4) is 0 Å². The molecular formula is C15H19ClN2O3. The molecule has 1 aromatic rings. The van der Waals surface area contributed by atoms with Crippen molar-refractivity contribution in [2.75, 3.05) is 7.05 Å². The first-order chi connectivity index (χ1) is 9.90. The van der Waals surface area contributed by atoms with Crippen LogP contribution in [0.25, 0.3) is 0 Å². The first-order valence-corrected chi connectivity index (χ1v) is 7.49. The summed E-state index contributed by atoms with van der Waals surface area (Å²) in [5, 5.41) is 10.9. The Morgan fingerprint density at radius 2 is 1.95 bits per heavy atom. The largest absolute Gasteiger partial charge is 0.339 e. The summed E-state index contributed by atoms with van der Waals surface area (Å²) in [5.74, 6) is 0.524. The third-order valence-corrected chi connectivity index (χ3v) is 4.56. The number of carbonyl (C=O) groups excluding carboxylic acids is 1. The lowest BCUT2D eigenvalue weighted by Crippen LogP contribution is -2.39. The van der Waals surface area contributed by atoms with Gasteiger partial charge in [-0.1, -0.05) is 18.5 Å². The summed E-state index contributed by atoms with van der Waals surface area (Å²) in [6, 6.07) is 4.42. The smallest absolute Gasteiger partial charge is 0.288 e. The highest BCUT2D eigenvalue weighted by atomic mass is 35.5. The van der Waals surface area contributed by atoms with Gasteiger partial charge in [0.15, 0.2) is 0 Å². The van der Waals surface area contributed by atoms with E-state index < -0.39 is 4.92 Å². The average molecular weight is 311 g/mol. The van der Waals surface area contributed by atoms with Crippen molar-refractivity contribution in [2.45, 2.75) is 38.6 Å². The Balaban J connectivity index is 2.16. The van der Waals surface area contributed by atoms with Gasteiger partial charge in [0.05, 0.1) is 4.92 Å². The number of nitrogens with zero attached hydrogens (tertiary/aromatic N) is 2. The van der Waals surface area contributed by atoms with Gasteiger partial charge in [-0.25, -0.2) is 0 Å². The van der Waals surface area contributed by atoms with Crippen LogP contribution in [0.1, 0.15) is 43.0 Å². The molecule has 1 amide bonds. The van der Waals surface area contributed by atoms with Crippen LogP contribution < -0.4 is 0 Å². The number of amides is 1. The Kier molecular flexibility index (Phi) is 4.83. The lowest BCUT2D eigenvalue weighted by atomic mass is 9.86. The zero-order valence-electron chi connectivity index (χ0n) is 12.2. The van der Waals surface area contributed by atoms with Gasteiger partial charge in [0.2, 0.25) is 0 Å². The summed E-state index contributed by atoms with van der Waals surface area (Å²) in [5.41, 5.74) is 0.0837. The molecule has 5 nitrogen and oxygen atoms in total. The summed E-state index contributed by atoms with van der Waals surface area (Å²) < 4.78 is 0. The minimum atomic E-state index is -0.568. The summed E-state index contributed by atoms with van der Waals surface area (Å²) in [6.07, 6.45) is 4.20. The molecule has 0 spiro atoms. The van der Waals surface area contributed by atoms with Gasteiger partial charge in [0.25, 0.3) is 11.6 Å². The monoisotopic (exact) mass is 310 g/mol. The number of hydrogen-bond donors (Lipinski definition) is 0. The van der Waals surface area contributed by atoms with Gasteiger partial charge < -0.3 is 4.90 Å². The van der Waals surface area contributed by atoms with E-state index in [-0.39, 0.29) is 22.7 Å². The molecule has 1 fully saturated rings. The third kappa shape index (κ3) is 3.53. The second kappa shape index (κ2) is 6.43. The summed E-state index contributed by atoms with van der Waals surface area (Å²) in [7, 11) is 1.77. The fourth-order valence-electron chi connectivity index (χ4n) is 2.78. The second-order valence-electron chi connectivity index (χ2n) is 5.75. The van der Waals surface area contributed by atoms with E-state index >= 15 is 0 Å². The standard InChI is InChI=1S/C15H19ClN2O3/c1-10-3-6-12(7-4-10)17(2)15(19)11-5-8-13(16)14(9-11)18(20)21/h5,8-10,12H,3-4,6-7H2,1-2H3. The Morgan fingerprint density at radius 1 is 1.33 bits per heavy atom. The molecule has 1 saturated carbocycles. The Hall–Kier alpha value is -1.62. The van der Waals surface area contributed by atoms with Crippen molar-refractivity contribution >= 4 is 23.2 Å². The van der Waals surface area contributed by atoms with Gasteiger partial charge in [0, 0.05) is 24.7 Å². The van der Waals surface area contributed by atoms with Crippen molar-refractivity contribution in [1.82, 2.24) is 4.90 Å². The molecule has 2 rings (SSSR count).